The number of halogens is 1. The molecule has 0 saturated carbocycles. The van der Waals surface area contributed by atoms with Crippen molar-refractivity contribution in [2.24, 2.45) is 0 Å². The molecule has 0 spiro atoms. The number of nitriles is 1. The van der Waals surface area contributed by atoms with Gasteiger partial charge < -0.3 is 10.2 Å². The third-order valence-corrected chi connectivity index (χ3v) is 4.13. The molecular weight excluding hydrogens is 248 g/mol. The predicted molar refractivity (Wildman–Crippen MR) is 70.7 cm³/mol. The van der Waals surface area contributed by atoms with Gasteiger partial charge in [-0.1, -0.05) is 11.6 Å². The van der Waals surface area contributed by atoms with E-state index in [0.717, 1.165) is 25.2 Å². The summed E-state index contributed by atoms with van der Waals surface area (Å²) in [7, 11) is 0. The number of nitrogens with zero attached hydrogens (tertiary/aromatic N) is 3. The van der Waals surface area contributed by atoms with Crippen LogP contribution in [-0.2, 0) is 0 Å². The van der Waals surface area contributed by atoms with E-state index in [4.69, 9.17) is 16.9 Å². The average molecular weight is 263 g/mol. The molecule has 2 bridgehead atoms. The first-order valence-corrected chi connectivity index (χ1v) is 6.70. The molecule has 0 unspecified atom stereocenters. The number of rotatable bonds is 1. The standard InChI is InChI=1S/C13H15ClN4/c14-13-9(6-15)5-12(7-16-13)18-4-3-10-1-2-11(8-18)17-10/h5,7,10-11,17H,1-4,8H2/t10-,11+/m0/s1. The average Bonchev–Trinajstić information content (AvgIpc) is 2.70. The van der Waals surface area contributed by atoms with Crippen molar-refractivity contribution < 1.29 is 0 Å². The van der Waals surface area contributed by atoms with Gasteiger partial charge in [0.2, 0.25) is 0 Å². The van der Waals surface area contributed by atoms with Gasteiger partial charge in [0.05, 0.1) is 17.4 Å². The Labute approximate surface area is 112 Å². The van der Waals surface area contributed by atoms with Crippen molar-refractivity contribution in [3.8, 4) is 6.07 Å². The molecule has 94 valence electrons. The van der Waals surface area contributed by atoms with Crippen LogP contribution in [0.5, 0.6) is 0 Å². The molecule has 3 heterocycles. The molecule has 0 amide bonds. The topological polar surface area (TPSA) is 52.0 Å². The molecule has 5 heteroatoms. The Morgan fingerprint density at radius 1 is 1.39 bits per heavy atom. The van der Waals surface area contributed by atoms with Crippen LogP contribution < -0.4 is 10.2 Å². The van der Waals surface area contributed by atoms with Gasteiger partial charge in [0.25, 0.3) is 0 Å². The van der Waals surface area contributed by atoms with E-state index in [2.05, 4.69) is 21.3 Å². The minimum absolute atomic E-state index is 0.288. The normalized spacial score (nSPS) is 26.8. The van der Waals surface area contributed by atoms with Crippen molar-refractivity contribution in [3.63, 3.8) is 0 Å². The fourth-order valence-corrected chi connectivity index (χ4v) is 3.01. The summed E-state index contributed by atoms with van der Waals surface area (Å²) in [5.74, 6) is 0. The van der Waals surface area contributed by atoms with E-state index in [1.54, 1.807) is 6.20 Å². The molecule has 2 aliphatic heterocycles. The van der Waals surface area contributed by atoms with Crippen molar-refractivity contribution in [3.05, 3.63) is 23.0 Å². The number of anilines is 1. The first-order valence-electron chi connectivity index (χ1n) is 6.33. The lowest BCUT2D eigenvalue weighted by molar-refractivity contribution is 0.563. The quantitative estimate of drug-likeness (QED) is 0.786. The second kappa shape index (κ2) is 4.75. The number of aromatic nitrogens is 1. The molecule has 0 radical (unpaired) electrons. The van der Waals surface area contributed by atoms with Crippen LogP contribution in [0, 0.1) is 11.3 Å². The molecular formula is C13H15ClN4. The van der Waals surface area contributed by atoms with Crippen LogP contribution in [0.2, 0.25) is 5.15 Å². The molecule has 18 heavy (non-hydrogen) atoms. The number of nitrogens with one attached hydrogen (secondary N) is 1. The molecule has 2 aliphatic rings. The van der Waals surface area contributed by atoms with E-state index in [1.807, 2.05) is 6.07 Å². The van der Waals surface area contributed by atoms with Gasteiger partial charge in [0.1, 0.15) is 11.2 Å². The minimum atomic E-state index is 0.288. The molecule has 1 aromatic heterocycles. The minimum Gasteiger partial charge on any atom is -0.369 e. The van der Waals surface area contributed by atoms with Gasteiger partial charge in [-0.2, -0.15) is 5.26 Å². The van der Waals surface area contributed by atoms with E-state index in [1.165, 1.54) is 12.8 Å². The molecule has 1 N–H and O–H groups in total. The fourth-order valence-electron chi connectivity index (χ4n) is 2.87. The zero-order chi connectivity index (χ0) is 12.5. The third-order valence-electron chi connectivity index (χ3n) is 3.83. The lowest BCUT2D eigenvalue weighted by Gasteiger charge is -2.26. The molecule has 4 nitrogen and oxygen atoms in total. The highest BCUT2D eigenvalue weighted by Crippen LogP contribution is 2.26. The third kappa shape index (κ3) is 2.16. The van der Waals surface area contributed by atoms with Crippen molar-refractivity contribution in [1.82, 2.24) is 10.3 Å². The summed E-state index contributed by atoms with van der Waals surface area (Å²) in [6.07, 6.45) is 5.46. The Balaban J connectivity index is 1.84. The molecule has 2 saturated heterocycles. The highest BCUT2D eigenvalue weighted by molar-refractivity contribution is 6.30. The summed E-state index contributed by atoms with van der Waals surface area (Å²) in [4.78, 5) is 6.41. The molecule has 0 aromatic carbocycles. The highest BCUT2D eigenvalue weighted by atomic mass is 35.5. The van der Waals surface area contributed by atoms with Crippen molar-refractivity contribution in [2.45, 2.75) is 31.3 Å². The van der Waals surface area contributed by atoms with Crippen LogP contribution in [0.3, 0.4) is 0 Å². The number of fused-ring (bicyclic) bond motifs is 2. The van der Waals surface area contributed by atoms with Crippen molar-refractivity contribution in [2.75, 3.05) is 18.0 Å². The lowest BCUT2D eigenvalue weighted by atomic mass is 10.1. The van der Waals surface area contributed by atoms with Gasteiger partial charge in [-0.3, -0.25) is 0 Å². The van der Waals surface area contributed by atoms with Crippen LogP contribution in [0.15, 0.2) is 12.3 Å². The smallest absolute Gasteiger partial charge is 0.146 e. The first-order chi connectivity index (χ1) is 8.76. The van der Waals surface area contributed by atoms with Crippen LogP contribution in [0.1, 0.15) is 24.8 Å². The number of hydrogen-bond donors (Lipinski definition) is 1. The maximum Gasteiger partial charge on any atom is 0.146 e. The molecule has 0 aliphatic carbocycles. The van der Waals surface area contributed by atoms with Gasteiger partial charge in [-0.25, -0.2) is 4.98 Å². The van der Waals surface area contributed by atoms with E-state index < -0.39 is 0 Å². The van der Waals surface area contributed by atoms with Crippen LogP contribution in [-0.4, -0.2) is 30.2 Å². The number of hydrogen-bond acceptors (Lipinski definition) is 4. The monoisotopic (exact) mass is 262 g/mol. The Hall–Kier alpha value is -1.31. The summed E-state index contributed by atoms with van der Waals surface area (Å²) in [6, 6.07) is 5.16. The van der Waals surface area contributed by atoms with Gasteiger partial charge in [-0.15, -0.1) is 0 Å². The summed E-state index contributed by atoms with van der Waals surface area (Å²) >= 11 is 5.87. The second-order valence-electron chi connectivity index (χ2n) is 5.02. The molecule has 2 fully saturated rings. The maximum atomic E-state index is 9.00. The Morgan fingerprint density at radius 3 is 3.06 bits per heavy atom. The SMILES string of the molecule is N#Cc1cc(N2CC[C@@H]3CC[C@H](C2)N3)cnc1Cl. The molecule has 1 aromatic rings. The van der Waals surface area contributed by atoms with Crippen LogP contribution >= 0.6 is 11.6 Å². The van der Waals surface area contributed by atoms with E-state index in [0.29, 0.717) is 17.6 Å². The Morgan fingerprint density at radius 2 is 2.22 bits per heavy atom. The van der Waals surface area contributed by atoms with E-state index in [9.17, 15) is 0 Å². The Bertz CT molecular complexity index is 496. The van der Waals surface area contributed by atoms with Crippen LogP contribution in [0.4, 0.5) is 5.69 Å². The van der Waals surface area contributed by atoms with Gasteiger partial charge in [0.15, 0.2) is 0 Å². The molecule has 3 rings (SSSR count). The highest BCUT2D eigenvalue weighted by Gasteiger charge is 2.29. The zero-order valence-electron chi connectivity index (χ0n) is 10.1. The van der Waals surface area contributed by atoms with Gasteiger partial charge in [0, 0.05) is 25.2 Å². The summed E-state index contributed by atoms with van der Waals surface area (Å²) in [5, 5.41) is 12.9. The molecule has 2 atom stereocenters. The van der Waals surface area contributed by atoms with E-state index >= 15 is 0 Å². The maximum absolute atomic E-state index is 9.00. The van der Waals surface area contributed by atoms with Crippen LogP contribution in [0.25, 0.3) is 0 Å². The van der Waals surface area contributed by atoms with E-state index in [-0.39, 0.29) is 5.15 Å². The second-order valence-corrected chi connectivity index (χ2v) is 5.37. The summed E-state index contributed by atoms with van der Waals surface area (Å²) in [5.41, 5.74) is 1.46. The van der Waals surface area contributed by atoms with Gasteiger partial charge in [-0.05, 0) is 25.3 Å². The van der Waals surface area contributed by atoms with Gasteiger partial charge >= 0.3 is 0 Å². The summed E-state index contributed by atoms with van der Waals surface area (Å²) in [6.45, 7) is 2.01. The van der Waals surface area contributed by atoms with Crippen molar-refractivity contribution >= 4 is 17.3 Å². The van der Waals surface area contributed by atoms with Crippen molar-refractivity contribution in [1.29, 1.82) is 5.26 Å². The Kier molecular flexibility index (Phi) is 3.11. The lowest BCUT2D eigenvalue weighted by Crippen LogP contribution is -2.35. The largest absolute Gasteiger partial charge is 0.369 e. The zero-order valence-corrected chi connectivity index (χ0v) is 10.8. The first kappa shape index (κ1) is 11.8. The number of pyridine rings is 1. The fraction of sp³-hybridized carbons (Fsp3) is 0.538. The predicted octanol–water partition coefficient (Wildman–Crippen LogP) is 1.94. The summed E-state index contributed by atoms with van der Waals surface area (Å²) < 4.78 is 0.